The Balaban J connectivity index is 1.78. The number of aromatic nitrogens is 6. The van der Waals surface area contributed by atoms with Crippen LogP contribution in [0.15, 0.2) is 12.4 Å². The fraction of sp³-hybridized carbons (Fsp3) is 0.579. The molecule has 3 aromatic heterocycles. The minimum absolute atomic E-state index is 0.193. The minimum atomic E-state index is 0.193. The maximum absolute atomic E-state index is 6.79. The SMILES string of the molecule is CCc1cc(N2CCCC2c2c(C)nn(CC(C)C)c2Cl)n2ncnc2n1. The highest BCUT2D eigenvalue weighted by molar-refractivity contribution is 6.30. The van der Waals surface area contributed by atoms with Crippen molar-refractivity contribution in [3.63, 3.8) is 0 Å². The zero-order valence-corrected chi connectivity index (χ0v) is 17.1. The largest absolute Gasteiger partial charge is 0.349 e. The van der Waals surface area contributed by atoms with Crippen molar-refractivity contribution < 1.29 is 0 Å². The van der Waals surface area contributed by atoms with Gasteiger partial charge in [0.25, 0.3) is 5.78 Å². The van der Waals surface area contributed by atoms with Gasteiger partial charge < -0.3 is 4.90 Å². The highest BCUT2D eigenvalue weighted by atomic mass is 35.5. The van der Waals surface area contributed by atoms with Gasteiger partial charge in [-0.25, -0.2) is 4.98 Å². The van der Waals surface area contributed by atoms with E-state index in [9.17, 15) is 0 Å². The van der Waals surface area contributed by atoms with Crippen molar-refractivity contribution in [3.05, 3.63) is 34.5 Å². The average Bonchev–Trinajstić information content (AvgIpc) is 3.33. The van der Waals surface area contributed by atoms with Crippen LogP contribution in [0.1, 0.15) is 56.6 Å². The molecule has 1 fully saturated rings. The lowest BCUT2D eigenvalue weighted by molar-refractivity contribution is 0.481. The molecule has 0 saturated carbocycles. The first-order chi connectivity index (χ1) is 13.0. The molecule has 0 bridgehead atoms. The van der Waals surface area contributed by atoms with Crippen LogP contribution in [0.5, 0.6) is 0 Å². The van der Waals surface area contributed by atoms with Crippen LogP contribution >= 0.6 is 11.6 Å². The first kappa shape index (κ1) is 18.2. The van der Waals surface area contributed by atoms with Gasteiger partial charge in [-0.05, 0) is 32.1 Å². The molecule has 7 nitrogen and oxygen atoms in total. The quantitative estimate of drug-likeness (QED) is 0.665. The standard InChI is InChI=1S/C19H26ClN7/c1-5-14-9-16(27-19(23-14)21-11-22-27)25-8-6-7-15(25)17-13(4)24-26(18(17)20)10-12(2)3/h9,11-12,15H,5-8,10H2,1-4H3. The Morgan fingerprint density at radius 2 is 2.15 bits per heavy atom. The van der Waals surface area contributed by atoms with Gasteiger partial charge in [0.15, 0.2) is 0 Å². The second-order valence-corrected chi connectivity index (χ2v) is 8.01. The van der Waals surface area contributed by atoms with Crippen LogP contribution in [0, 0.1) is 12.8 Å². The summed E-state index contributed by atoms with van der Waals surface area (Å²) < 4.78 is 3.78. The number of nitrogens with zero attached hydrogens (tertiary/aromatic N) is 7. The number of hydrogen-bond donors (Lipinski definition) is 0. The number of rotatable bonds is 5. The van der Waals surface area contributed by atoms with Gasteiger partial charge in [-0.3, -0.25) is 4.68 Å². The minimum Gasteiger partial charge on any atom is -0.349 e. The summed E-state index contributed by atoms with van der Waals surface area (Å²) in [6.45, 7) is 10.3. The maximum Gasteiger partial charge on any atom is 0.254 e. The topological polar surface area (TPSA) is 64.1 Å². The van der Waals surface area contributed by atoms with E-state index in [0.717, 1.165) is 60.3 Å². The molecule has 8 heteroatoms. The van der Waals surface area contributed by atoms with Crippen LogP contribution in [-0.2, 0) is 13.0 Å². The number of halogens is 1. The summed E-state index contributed by atoms with van der Waals surface area (Å²) in [5.41, 5.74) is 3.17. The van der Waals surface area contributed by atoms with Gasteiger partial charge in [-0.2, -0.15) is 19.7 Å². The van der Waals surface area contributed by atoms with Crippen LogP contribution in [-0.4, -0.2) is 35.9 Å². The molecule has 1 saturated heterocycles. The fourth-order valence-electron chi connectivity index (χ4n) is 3.98. The Kier molecular flexibility index (Phi) is 4.80. The molecule has 0 aliphatic carbocycles. The van der Waals surface area contributed by atoms with Crippen molar-refractivity contribution in [2.45, 2.75) is 59.5 Å². The molecule has 1 atom stereocenters. The van der Waals surface area contributed by atoms with Gasteiger partial charge in [0.2, 0.25) is 0 Å². The molecule has 1 aliphatic heterocycles. The number of aryl methyl sites for hydroxylation is 2. The van der Waals surface area contributed by atoms with Crippen molar-refractivity contribution in [2.75, 3.05) is 11.4 Å². The highest BCUT2D eigenvalue weighted by Crippen LogP contribution is 2.40. The predicted octanol–water partition coefficient (Wildman–Crippen LogP) is 3.84. The summed E-state index contributed by atoms with van der Waals surface area (Å²) in [4.78, 5) is 11.3. The van der Waals surface area contributed by atoms with Gasteiger partial charge in [0.05, 0.1) is 11.7 Å². The molecular weight excluding hydrogens is 362 g/mol. The Bertz CT molecular complexity index is 959. The van der Waals surface area contributed by atoms with Crippen LogP contribution in [0.4, 0.5) is 5.82 Å². The van der Waals surface area contributed by atoms with E-state index in [-0.39, 0.29) is 6.04 Å². The molecule has 1 aliphatic rings. The summed E-state index contributed by atoms with van der Waals surface area (Å²) in [5.74, 6) is 2.17. The second-order valence-electron chi connectivity index (χ2n) is 7.65. The van der Waals surface area contributed by atoms with Crippen LogP contribution in [0.25, 0.3) is 5.78 Å². The van der Waals surface area contributed by atoms with Crippen molar-refractivity contribution >= 4 is 23.2 Å². The van der Waals surface area contributed by atoms with Gasteiger partial charge >= 0.3 is 0 Å². The number of anilines is 1. The van der Waals surface area contributed by atoms with Gasteiger partial charge in [-0.1, -0.05) is 32.4 Å². The molecule has 4 rings (SSSR count). The predicted molar refractivity (Wildman–Crippen MR) is 106 cm³/mol. The van der Waals surface area contributed by atoms with E-state index in [2.05, 4.69) is 53.7 Å². The molecule has 0 aromatic carbocycles. The average molecular weight is 388 g/mol. The summed E-state index contributed by atoms with van der Waals surface area (Å²) in [6, 6.07) is 2.32. The Labute approximate surface area is 164 Å². The molecule has 144 valence electrons. The molecule has 0 radical (unpaired) electrons. The zero-order valence-electron chi connectivity index (χ0n) is 16.4. The van der Waals surface area contributed by atoms with Crippen molar-refractivity contribution in [2.24, 2.45) is 5.92 Å². The third-order valence-corrected chi connectivity index (χ3v) is 5.57. The third-order valence-electron chi connectivity index (χ3n) is 5.18. The van der Waals surface area contributed by atoms with Gasteiger partial charge in [0, 0.05) is 30.4 Å². The van der Waals surface area contributed by atoms with E-state index >= 15 is 0 Å². The highest BCUT2D eigenvalue weighted by Gasteiger charge is 2.33. The number of fused-ring (bicyclic) bond motifs is 1. The first-order valence-corrected chi connectivity index (χ1v) is 10.1. The molecule has 4 heterocycles. The van der Waals surface area contributed by atoms with Gasteiger partial charge in [0.1, 0.15) is 17.3 Å². The molecule has 0 spiro atoms. The number of hydrogen-bond acceptors (Lipinski definition) is 5. The summed E-state index contributed by atoms with van der Waals surface area (Å²) in [7, 11) is 0. The van der Waals surface area contributed by atoms with Gasteiger partial charge in [-0.15, -0.1) is 0 Å². The Morgan fingerprint density at radius 3 is 2.89 bits per heavy atom. The lowest BCUT2D eigenvalue weighted by Crippen LogP contribution is -2.26. The van der Waals surface area contributed by atoms with Crippen molar-refractivity contribution in [1.82, 2.24) is 29.4 Å². The zero-order chi connectivity index (χ0) is 19.1. The van der Waals surface area contributed by atoms with Crippen LogP contribution < -0.4 is 4.90 Å². The molecule has 0 amide bonds. The maximum atomic E-state index is 6.79. The monoisotopic (exact) mass is 387 g/mol. The summed E-state index contributed by atoms with van der Waals surface area (Å²) >= 11 is 6.79. The molecular formula is C19H26ClN7. The molecule has 3 aromatic rings. The van der Waals surface area contributed by atoms with Crippen LogP contribution in [0.2, 0.25) is 5.15 Å². The lowest BCUT2D eigenvalue weighted by Gasteiger charge is -2.27. The van der Waals surface area contributed by atoms with E-state index in [4.69, 9.17) is 16.7 Å². The lowest BCUT2D eigenvalue weighted by atomic mass is 10.1. The van der Waals surface area contributed by atoms with E-state index in [1.165, 1.54) is 0 Å². The smallest absolute Gasteiger partial charge is 0.254 e. The third kappa shape index (κ3) is 3.18. The summed E-state index contributed by atoms with van der Waals surface area (Å²) in [5, 5.41) is 9.89. The molecule has 0 N–H and O–H groups in total. The van der Waals surface area contributed by atoms with Crippen molar-refractivity contribution in [3.8, 4) is 0 Å². The second kappa shape index (κ2) is 7.11. The normalized spacial score (nSPS) is 17.6. The first-order valence-electron chi connectivity index (χ1n) is 9.68. The Hall–Kier alpha value is -2.15. The van der Waals surface area contributed by atoms with E-state index < -0.39 is 0 Å². The Morgan fingerprint density at radius 1 is 1.33 bits per heavy atom. The summed E-state index contributed by atoms with van der Waals surface area (Å²) in [6.07, 6.45) is 4.58. The van der Waals surface area contributed by atoms with Crippen molar-refractivity contribution in [1.29, 1.82) is 0 Å². The van der Waals surface area contributed by atoms with E-state index in [0.29, 0.717) is 11.7 Å². The molecule has 1 unspecified atom stereocenters. The van der Waals surface area contributed by atoms with E-state index in [1.807, 2.05) is 9.20 Å². The van der Waals surface area contributed by atoms with Crippen LogP contribution in [0.3, 0.4) is 0 Å². The van der Waals surface area contributed by atoms with E-state index in [1.54, 1.807) is 6.33 Å². The fourth-order valence-corrected chi connectivity index (χ4v) is 4.35. The molecule has 27 heavy (non-hydrogen) atoms.